The van der Waals surface area contributed by atoms with Gasteiger partial charge >= 0.3 is 12.1 Å². The Morgan fingerprint density at radius 2 is 1.51 bits per heavy atom. The number of carbonyl (C=O) groups is 1. The number of aromatic hydroxyl groups is 1. The molecule has 0 fully saturated rings. The van der Waals surface area contributed by atoms with Gasteiger partial charge in [-0.1, -0.05) is 24.3 Å². The minimum atomic E-state index is -5.08. The van der Waals surface area contributed by atoms with Gasteiger partial charge in [-0.15, -0.1) is 0 Å². The van der Waals surface area contributed by atoms with Gasteiger partial charge in [0.1, 0.15) is 11.4 Å². The van der Waals surface area contributed by atoms with E-state index in [9.17, 15) is 36.6 Å². The monoisotopic (exact) mass is 550 g/mol. The van der Waals surface area contributed by atoms with Crippen molar-refractivity contribution in [2.45, 2.75) is 12.2 Å². The van der Waals surface area contributed by atoms with Crippen LogP contribution in [0.2, 0.25) is 0 Å². The molecular formula is C26H19F5N2O6. The summed E-state index contributed by atoms with van der Waals surface area (Å²) in [6, 6.07) is 17.2. The quantitative estimate of drug-likeness (QED) is 0.190. The van der Waals surface area contributed by atoms with Gasteiger partial charge in [-0.25, -0.2) is 13.6 Å². The predicted molar refractivity (Wildman–Crippen MR) is 131 cm³/mol. The molecule has 0 aliphatic heterocycles. The fourth-order valence-electron chi connectivity index (χ4n) is 3.34. The maximum absolute atomic E-state index is 13.8. The molecule has 0 radical (unpaired) electrons. The molecule has 4 rings (SSSR count). The van der Waals surface area contributed by atoms with Crippen LogP contribution in [0.4, 0.5) is 39.0 Å². The summed E-state index contributed by atoms with van der Waals surface area (Å²) in [5.41, 5.74) is 0.479. The van der Waals surface area contributed by atoms with E-state index in [4.69, 9.17) is 14.6 Å². The zero-order chi connectivity index (χ0) is 28.9. The molecule has 0 aromatic heterocycles. The van der Waals surface area contributed by atoms with E-state index in [-0.39, 0.29) is 5.69 Å². The summed E-state index contributed by atoms with van der Waals surface area (Å²) in [4.78, 5) is 31.8. The zero-order valence-corrected chi connectivity index (χ0v) is 19.8. The SMILES string of the molecule is COc1ccc(C(Nc2ccc(F)c(F)c2)c2cccc(Nc3c(O)c(=O)c3=O)c2)cc1.O=C(O)C(F)(F)F. The molecule has 0 heterocycles. The Kier molecular flexibility index (Phi) is 8.54. The normalized spacial score (nSPS) is 11.7. The number of methoxy groups -OCH3 is 1. The number of benzene rings is 3. The number of hydrogen-bond acceptors (Lipinski definition) is 7. The van der Waals surface area contributed by atoms with Crippen molar-refractivity contribution in [3.8, 4) is 11.5 Å². The van der Waals surface area contributed by atoms with E-state index in [1.165, 1.54) is 6.07 Å². The van der Waals surface area contributed by atoms with Gasteiger partial charge in [0.2, 0.25) is 0 Å². The number of nitrogens with one attached hydrogen (secondary N) is 2. The van der Waals surface area contributed by atoms with Crippen LogP contribution in [0.3, 0.4) is 0 Å². The molecule has 204 valence electrons. The molecular weight excluding hydrogens is 531 g/mol. The lowest BCUT2D eigenvalue weighted by atomic mass is 9.97. The number of alkyl halides is 3. The van der Waals surface area contributed by atoms with Crippen LogP contribution < -0.4 is 26.2 Å². The maximum atomic E-state index is 13.8. The lowest BCUT2D eigenvalue weighted by molar-refractivity contribution is -0.192. The average Bonchev–Trinajstić information content (AvgIpc) is 2.91. The molecule has 0 amide bonds. The Balaban J connectivity index is 0.000000532. The Labute approximate surface area is 216 Å². The Bertz CT molecular complexity index is 1550. The van der Waals surface area contributed by atoms with Gasteiger partial charge in [-0.3, -0.25) is 9.59 Å². The van der Waals surface area contributed by atoms with E-state index in [2.05, 4.69) is 10.6 Å². The minimum absolute atomic E-state index is 0.165. The molecule has 0 saturated heterocycles. The predicted octanol–water partition coefficient (Wildman–Crippen LogP) is 4.85. The van der Waals surface area contributed by atoms with Gasteiger partial charge in [0.25, 0.3) is 10.9 Å². The first-order chi connectivity index (χ1) is 18.3. The number of ether oxygens (including phenoxy) is 1. The van der Waals surface area contributed by atoms with Crippen molar-refractivity contribution < 1.29 is 41.7 Å². The molecule has 1 unspecified atom stereocenters. The number of carboxylic acids is 1. The summed E-state index contributed by atoms with van der Waals surface area (Å²) in [5, 5.41) is 22.7. The second-order valence-corrected chi connectivity index (χ2v) is 7.91. The van der Waals surface area contributed by atoms with Crippen LogP contribution in [0.5, 0.6) is 11.5 Å². The third-order valence-corrected chi connectivity index (χ3v) is 5.30. The van der Waals surface area contributed by atoms with Crippen molar-refractivity contribution in [1.29, 1.82) is 0 Å². The number of aliphatic carboxylic acids is 1. The number of hydrogen-bond donors (Lipinski definition) is 4. The van der Waals surface area contributed by atoms with E-state index >= 15 is 0 Å². The number of rotatable bonds is 7. The molecule has 0 saturated carbocycles. The molecule has 0 aliphatic carbocycles. The third-order valence-electron chi connectivity index (χ3n) is 5.30. The van der Waals surface area contributed by atoms with Gasteiger partial charge < -0.3 is 25.6 Å². The van der Waals surface area contributed by atoms with E-state index in [0.717, 1.165) is 23.3 Å². The molecule has 4 aromatic rings. The third kappa shape index (κ3) is 6.89. The van der Waals surface area contributed by atoms with Gasteiger partial charge in [0, 0.05) is 17.4 Å². The van der Waals surface area contributed by atoms with Crippen LogP contribution in [0, 0.1) is 11.6 Å². The van der Waals surface area contributed by atoms with Crippen molar-refractivity contribution in [1.82, 2.24) is 0 Å². The fraction of sp³-hybridized carbons (Fsp3) is 0.115. The van der Waals surface area contributed by atoms with Crippen LogP contribution >= 0.6 is 0 Å². The van der Waals surface area contributed by atoms with E-state index in [0.29, 0.717) is 17.1 Å². The molecule has 4 aromatic carbocycles. The van der Waals surface area contributed by atoms with Crippen molar-refractivity contribution in [2.75, 3.05) is 17.7 Å². The van der Waals surface area contributed by atoms with Crippen molar-refractivity contribution in [2.24, 2.45) is 0 Å². The van der Waals surface area contributed by atoms with E-state index < -0.39 is 46.4 Å². The first-order valence-corrected chi connectivity index (χ1v) is 10.9. The Hall–Kier alpha value is -4.94. The van der Waals surface area contributed by atoms with Crippen LogP contribution in [-0.2, 0) is 4.79 Å². The molecule has 0 spiro atoms. The summed E-state index contributed by atoms with van der Waals surface area (Å²) in [7, 11) is 1.55. The summed E-state index contributed by atoms with van der Waals surface area (Å²) >= 11 is 0. The van der Waals surface area contributed by atoms with Crippen molar-refractivity contribution in [3.05, 3.63) is 110 Å². The van der Waals surface area contributed by atoms with Gasteiger partial charge in [0.05, 0.1) is 13.2 Å². The van der Waals surface area contributed by atoms with Gasteiger partial charge in [-0.2, -0.15) is 13.2 Å². The lowest BCUT2D eigenvalue weighted by Gasteiger charge is -2.22. The van der Waals surface area contributed by atoms with Crippen molar-refractivity contribution >= 4 is 23.0 Å². The molecule has 1 atom stereocenters. The highest BCUT2D eigenvalue weighted by atomic mass is 19.4. The number of halogens is 5. The largest absolute Gasteiger partial charge is 0.502 e. The lowest BCUT2D eigenvalue weighted by Crippen LogP contribution is -2.32. The molecule has 39 heavy (non-hydrogen) atoms. The Morgan fingerprint density at radius 1 is 0.872 bits per heavy atom. The van der Waals surface area contributed by atoms with Crippen molar-refractivity contribution in [3.63, 3.8) is 0 Å². The first kappa shape index (κ1) is 28.6. The fourth-order valence-corrected chi connectivity index (χ4v) is 3.34. The Morgan fingerprint density at radius 3 is 2.05 bits per heavy atom. The second-order valence-electron chi connectivity index (χ2n) is 7.91. The van der Waals surface area contributed by atoms with E-state index in [1.807, 2.05) is 18.2 Å². The number of anilines is 3. The smallest absolute Gasteiger partial charge is 0.490 e. The van der Waals surface area contributed by atoms with Crippen LogP contribution in [-0.4, -0.2) is 29.5 Å². The molecule has 13 heteroatoms. The first-order valence-electron chi connectivity index (χ1n) is 10.9. The van der Waals surface area contributed by atoms with E-state index in [1.54, 1.807) is 37.4 Å². The van der Waals surface area contributed by atoms with Crippen LogP contribution in [0.1, 0.15) is 17.2 Å². The topological polar surface area (TPSA) is 125 Å². The highest BCUT2D eigenvalue weighted by Crippen LogP contribution is 2.31. The average molecular weight is 550 g/mol. The molecule has 0 bridgehead atoms. The molecule has 0 aliphatic rings. The van der Waals surface area contributed by atoms with Crippen LogP contribution in [0.15, 0.2) is 76.3 Å². The highest BCUT2D eigenvalue weighted by molar-refractivity contribution is 5.73. The van der Waals surface area contributed by atoms with Gasteiger partial charge in [-0.05, 0) is 47.5 Å². The summed E-state index contributed by atoms with van der Waals surface area (Å²) in [6.07, 6.45) is -5.08. The summed E-state index contributed by atoms with van der Waals surface area (Å²) in [6.45, 7) is 0. The molecule has 4 N–H and O–H groups in total. The standard InChI is InChI=1S/C24H18F2N2O4.C2HF3O2/c1-32-17-8-5-13(6-9-17)20(27-16-7-10-18(25)19(26)12-16)14-3-2-4-15(11-14)28-21-22(29)24(31)23(21)30;3-2(4,5)1(6)7/h2-12,20,27-29H,1H3;(H,6,7). The number of carboxylic acid groups (broad SMARTS) is 1. The minimum Gasteiger partial charge on any atom is -0.502 e. The second kappa shape index (κ2) is 11.6. The van der Waals surface area contributed by atoms with Gasteiger partial charge in [0.15, 0.2) is 17.4 Å². The highest BCUT2D eigenvalue weighted by Gasteiger charge is 2.38. The summed E-state index contributed by atoms with van der Waals surface area (Å²) in [5.74, 6) is -4.63. The summed E-state index contributed by atoms with van der Waals surface area (Å²) < 4.78 is 64.1. The maximum Gasteiger partial charge on any atom is 0.490 e. The zero-order valence-electron chi connectivity index (χ0n) is 19.8. The molecule has 8 nitrogen and oxygen atoms in total. The van der Waals surface area contributed by atoms with Crippen LogP contribution in [0.25, 0.3) is 0 Å².